The minimum absolute atomic E-state index is 0.790. The Labute approximate surface area is 135 Å². The predicted molar refractivity (Wildman–Crippen MR) is 97.0 cm³/mol. The average Bonchev–Trinajstić information content (AvgIpc) is 3.27. The van der Waals surface area contributed by atoms with Crippen LogP contribution >= 0.6 is 0 Å². The van der Waals surface area contributed by atoms with Crippen molar-refractivity contribution in [3.63, 3.8) is 0 Å². The topological polar surface area (TPSA) is 12.5 Å². The molecule has 0 spiro atoms. The van der Waals surface area contributed by atoms with Gasteiger partial charge in [0, 0.05) is 19.6 Å². The Kier molecular flexibility index (Phi) is 18.0. The third-order valence-corrected chi connectivity index (χ3v) is 3.23. The zero-order chi connectivity index (χ0) is 16.7. The van der Waals surface area contributed by atoms with Crippen LogP contribution in [0.3, 0.4) is 0 Å². The molecule has 0 aromatic carbocycles. The Morgan fingerprint density at radius 1 is 0.857 bits per heavy atom. The van der Waals surface area contributed by atoms with Crippen LogP contribution in [0.4, 0.5) is 0 Å². The molecular formula is C19H43NO. The molecule has 1 saturated carbocycles. The van der Waals surface area contributed by atoms with Gasteiger partial charge in [0.1, 0.15) is 0 Å². The van der Waals surface area contributed by atoms with Gasteiger partial charge in [-0.15, -0.1) is 0 Å². The summed E-state index contributed by atoms with van der Waals surface area (Å²) in [5.74, 6) is 2.85. The SMILES string of the molecule is CC.CC.CC(C)CC1CC1.CC(C)CN1CCOCC1. The molecule has 1 aliphatic carbocycles. The first-order valence-corrected chi connectivity index (χ1v) is 9.38. The summed E-state index contributed by atoms with van der Waals surface area (Å²) in [5, 5.41) is 0. The van der Waals surface area contributed by atoms with Gasteiger partial charge in [-0.1, -0.05) is 68.2 Å². The van der Waals surface area contributed by atoms with E-state index < -0.39 is 0 Å². The van der Waals surface area contributed by atoms with Gasteiger partial charge in [-0.2, -0.15) is 0 Å². The minimum atomic E-state index is 0.790. The lowest BCUT2D eigenvalue weighted by Crippen LogP contribution is -2.38. The molecule has 0 aromatic heterocycles. The van der Waals surface area contributed by atoms with Crippen LogP contribution in [0.1, 0.15) is 74.7 Å². The van der Waals surface area contributed by atoms with E-state index in [2.05, 4.69) is 32.6 Å². The van der Waals surface area contributed by atoms with E-state index >= 15 is 0 Å². The molecule has 0 radical (unpaired) electrons. The Morgan fingerprint density at radius 3 is 1.62 bits per heavy atom. The number of rotatable bonds is 4. The van der Waals surface area contributed by atoms with E-state index in [4.69, 9.17) is 4.74 Å². The van der Waals surface area contributed by atoms with Crippen molar-refractivity contribution in [1.82, 2.24) is 4.90 Å². The molecule has 1 aliphatic heterocycles. The molecule has 0 amide bonds. The number of ether oxygens (including phenoxy) is 1. The van der Waals surface area contributed by atoms with Crippen molar-refractivity contribution < 1.29 is 4.74 Å². The number of nitrogens with zero attached hydrogens (tertiary/aromatic N) is 1. The van der Waals surface area contributed by atoms with E-state index in [-0.39, 0.29) is 0 Å². The van der Waals surface area contributed by atoms with Crippen molar-refractivity contribution in [2.75, 3.05) is 32.8 Å². The molecule has 1 heterocycles. The lowest BCUT2D eigenvalue weighted by molar-refractivity contribution is 0.0329. The molecule has 2 heteroatoms. The molecule has 2 aliphatic rings. The van der Waals surface area contributed by atoms with Crippen molar-refractivity contribution in [3.05, 3.63) is 0 Å². The standard InChI is InChI=1S/C8H17NO.C7H14.2C2H6/c1-8(2)7-9-3-5-10-6-4-9;1-6(2)5-7-3-4-7;2*1-2/h8H,3-7H2,1-2H3;6-7H,3-5H2,1-2H3;2*1-2H3. The van der Waals surface area contributed by atoms with Crippen LogP contribution in [-0.4, -0.2) is 37.7 Å². The molecule has 2 nitrogen and oxygen atoms in total. The van der Waals surface area contributed by atoms with Crippen molar-refractivity contribution in [1.29, 1.82) is 0 Å². The second-order valence-corrected chi connectivity index (χ2v) is 6.38. The molecule has 21 heavy (non-hydrogen) atoms. The maximum Gasteiger partial charge on any atom is 0.0594 e. The van der Waals surface area contributed by atoms with E-state index in [1.54, 1.807) is 0 Å². The third kappa shape index (κ3) is 17.9. The Bertz CT molecular complexity index is 182. The van der Waals surface area contributed by atoms with Crippen LogP contribution in [0.2, 0.25) is 0 Å². The molecule has 1 saturated heterocycles. The molecule has 2 rings (SSSR count). The van der Waals surface area contributed by atoms with Crippen LogP contribution in [0.15, 0.2) is 0 Å². The quantitative estimate of drug-likeness (QED) is 0.682. The zero-order valence-corrected chi connectivity index (χ0v) is 16.2. The molecule has 0 unspecified atom stereocenters. The molecule has 0 aromatic rings. The molecule has 130 valence electrons. The van der Waals surface area contributed by atoms with Gasteiger partial charge in [-0.25, -0.2) is 0 Å². The van der Waals surface area contributed by atoms with Crippen molar-refractivity contribution in [3.8, 4) is 0 Å². The lowest BCUT2D eigenvalue weighted by Gasteiger charge is -2.27. The van der Waals surface area contributed by atoms with Gasteiger partial charge in [0.05, 0.1) is 13.2 Å². The van der Waals surface area contributed by atoms with Gasteiger partial charge < -0.3 is 4.74 Å². The number of morpholine rings is 1. The summed E-state index contributed by atoms with van der Waals surface area (Å²) in [6.45, 7) is 22.4. The lowest BCUT2D eigenvalue weighted by atomic mass is 10.1. The molecule has 0 atom stereocenters. The van der Waals surface area contributed by atoms with E-state index in [0.717, 1.165) is 44.1 Å². The molecule has 2 fully saturated rings. The van der Waals surface area contributed by atoms with Crippen molar-refractivity contribution in [2.24, 2.45) is 17.8 Å². The molecule has 0 bridgehead atoms. The second kappa shape index (κ2) is 16.3. The summed E-state index contributed by atoms with van der Waals surface area (Å²) in [7, 11) is 0. The van der Waals surface area contributed by atoms with Crippen LogP contribution in [0, 0.1) is 17.8 Å². The first-order valence-electron chi connectivity index (χ1n) is 9.38. The first-order chi connectivity index (χ1) is 10.1. The van der Waals surface area contributed by atoms with Crippen LogP contribution in [0.5, 0.6) is 0 Å². The third-order valence-electron chi connectivity index (χ3n) is 3.23. The fourth-order valence-corrected chi connectivity index (χ4v) is 2.32. The Balaban J connectivity index is 0. The van der Waals surface area contributed by atoms with Crippen molar-refractivity contribution in [2.45, 2.75) is 74.7 Å². The average molecular weight is 302 g/mol. The highest BCUT2D eigenvalue weighted by atomic mass is 16.5. The zero-order valence-electron chi connectivity index (χ0n) is 16.2. The highest BCUT2D eigenvalue weighted by Crippen LogP contribution is 2.34. The van der Waals surface area contributed by atoms with Crippen molar-refractivity contribution >= 4 is 0 Å². The summed E-state index contributed by atoms with van der Waals surface area (Å²) in [6, 6.07) is 0. The fraction of sp³-hybridized carbons (Fsp3) is 1.00. The maximum absolute atomic E-state index is 5.24. The molecule has 0 N–H and O–H groups in total. The van der Waals surface area contributed by atoms with E-state index in [0.29, 0.717) is 0 Å². The van der Waals surface area contributed by atoms with Crippen LogP contribution < -0.4 is 0 Å². The largest absolute Gasteiger partial charge is 0.379 e. The highest BCUT2D eigenvalue weighted by molar-refractivity contribution is 4.73. The van der Waals surface area contributed by atoms with Crippen LogP contribution in [0.25, 0.3) is 0 Å². The van der Waals surface area contributed by atoms with Gasteiger partial charge in [0.15, 0.2) is 0 Å². The summed E-state index contributed by atoms with van der Waals surface area (Å²) in [5.41, 5.74) is 0. The summed E-state index contributed by atoms with van der Waals surface area (Å²) in [6.07, 6.45) is 4.50. The van der Waals surface area contributed by atoms with E-state index in [1.807, 2.05) is 27.7 Å². The van der Waals surface area contributed by atoms with Gasteiger partial charge in [-0.3, -0.25) is 4.90 Å². The predicted octanol–water partition coefficient (Wildman–Crippen LogP) is 5.47. The van der Waals surface area contributed by atoms with Gasteiger partial charge in [0.2, 0.25) is 0 Å². The first kappa shape index (κ1) is 23.2. The summed E-state index contributed by atoms with van der Waals surface area (Å²) < 4.78 is 5.24. The second-order valence-electron chi connectivity index (χ2n) is 6.38. The fourth-order valence-electron chi connectivity index (χ4n) is 2.32. The van der Waals surface area contributed by atoms with Gasteiger partial charge >= 0.3 is 0 Å². The number of hydrogen-bond donors (Lipinski definition) is 0. The summed E-state index contributed by atoms with van der Waals surface area (Å²) in [4.78, 5) is 2.47. The monoisotopic (exact) mass is 301 g/mol. The maximum atomic E-state index is 5.24. The van der Waals surface area contributed by atoms with Gasteiger partial charge in [0.25, 0.3) is 0 Å². The Hall–Kier alpha value is -0.0800. The highest BCUT2D eigenvalue weighted by Gasteiger charge is 2.21. The summed E-state index contributed by atoms with van der Waals surface area (Å²) >= 11 is 0. The van der Waals surface area contributed by atoms with Gasteiger partial charge in [-0.05, 0) is 24.2 Å². The normalized spacial score (nSPS) is 18.0. The molecular weight excluding hydrogens is 258 g/mol. The minimum Gasteiger partial charge on any atom is -0.379 e. The van der Waals surface area contributed by atoms with Crippen LogP contribution in [-0.2, 0) is 4.74 Å². The number of hydrogen-bond acceptors (Lipinski definition) is 2. The Morgan fingerprint density at radius 2 is 1.33 bits per heavy atom. The van der Waals surface area contributed by atoms with E-state index in [9.17, 15) is 0 Å². The smallest absolute Gasteiger partial charge is 0.0594 e. The van der Waals surface area contributed by atoms with E-state index in [1.165, 1.54) is 25.8 Å².